The second kappa shape index (κ2) is 11.2. The van der Waals surface area contributed by atoms with Gasteiger partial charge in [0.25, 0.3) is 11.8 Å². The van der Waals surface area contributed by atoms with Crippen LogP contribution in [0.15, 0.2) is 41.8 Å². The maximum Gasteiger partial charge on any atom is 0.289 e. The molecule has 3 rings (SSSR count). The van der Waals surface area contributed by atoms with Crippen molar-refractivity contribution in [3.8, 4) is 33.6 Å². The first-order valence-electron chi connectivity index (χ1n) is 10.1. The highest BCUT2D eigenvalue weighted by atomic mass is 32.1. The monoisotopic (exact) mass is 471 g/mol. The molecule has 0 fully saturated rings. The molecule has 33 heavy (non-hydrogen) atoms. The number of hydrogen-bond acceptors (Lipinski definition) is 8. The number of amides is 2. The molecular formula is C23H25N3O6S. The van der Waals surface area contributed by atoms with Crippen LogP contribution in [0.2, 0.25) is 0 Å². The summed E-state index contributed by atoms with van der Waals surface area (Å²) in [6.07, 6.45) is 0.849. The van der Waals surface area contributed by atoms with Gasteiger partial charge in [-0.2, -0.15) is 0 Å². The number of nitrogens with zero attached hydrogens (tertiary/aromatic N) is 1. The predicted octanol–water partition coefficient (Wildman–Crippen LogP) is 3.70. The Bertz CT molecular complexity index is 1130. The molecule has 1 heterocycles. The van der Waals surface area contributed by atoms with Gasteiger partial charge in [0.05, 0.1) is 27.9 Å². The number of aromatic nitrogens is 1. The first kappa shape index (κ1) is 23.9. The smallest absolute Gasteiger partial charge is 0.289 e. The van der Waals surface area contributed by atoms with Gasteiger partial charge in [-0.15, -0.1) is 11.3 Å². The molecule has 0 saturated carbocycles. The first-order chi connectivity index (χ1) is 16.0. The van der Waals surface area contributed by atoms with Crippen LogP contribution in [0.25, 0.3) is 10.6 Å². The number of rotatable bonds is 9. The predicted molar refractivity (Wildman–Crippen MR) is 124 cm³/mol. The van der Waals surface area contributed by atoms with E-state index in [0.29, 0.717) is 40.2 Å². The van der Waals surface area contributed by atoms with E-state index in [-0.39, 0.29) is 5.69 Å². The summed E-state index contributed by atoms with van der Waals surface area (Å²) in [6, 6.07) is 10.2. The highest BCUT2D eigenvalue weighted by molar-refractivity contribution is 7.13. The topological polar surface area (TPSA) is 108 Å². The molecule has 0 aliphatic carbocycles. The van der Waals surface area contributed by atoms with Crippen LogP contribution in [0.1, 0.15) is 34.2 Å². The van der Waals surface area contributed by atoms with E-state index in [1.807, 2.05) is 13.0 Å². The summed E-state index contributed by atoms with van der Waals surface area (Å²) in [5.41, 5.74) is 6.02. The molecular weight excluding hydrogens is 446 g/mol. The highest BCUT2D eigenvalue weighted by Gasteiger charge is 2.16. The van der Waals surface area contributed by atoms with Crippen LogP contribution in [0.4, 0.5) is 0 Å². The van der Waals surface area contributed by atoms with E-state index in [2.05, 4.69) is 15.8 Å². The van der Waals surface area contributed by atoms with Crippen molar-refractivity contribution in [2.45, 2.75) is 13.3 Å². The van der Waals surface area contributed by atoms with Crippen molar-refractivity contribution in [1.29, 1.82) is 0 Å². The van der Waals surface area contributed by atoms with Gasteiger partial charge in [0.1, 0.15) is 10.7 Å². The van der Waals surface area contributed by atoms with Gasteiger partial charge in [0.15, 0.2) is 23.0 Å². The van der Waals surface area contributed by atoms with E-state index >= 15 is 0 Å². The zero-order valence-corrected chi connectivity index (χ0v) is 19.6. The maximum atomic E-state index is 12.5. The molecule has 1 aromatic heterocycles. The van der Waals surface area contributed by atoms with E-state index in [9.17, 15) is 9.59 Å². The summed E-state index contributed by atoms with van der Waals surface area (Å²) < 4.78 is 21.4. The SMILES string of the molecule is CCCOc1ccc(C(=O)NNC(=O)c2csc(-c3ccc(OC)c(OC)c3)n2)cc1OC. The quantitative estimate of drug-likeness (QED) is 0.458. The number of carbonyl (C=O) groups excluding carboxylic acids is 2. The zero-order valence-electron chi connectivity index (χ0n) is 18.8. The lowest BCUT2D eigenvalue weighted by molar-refractivity contribution is 0.0844. The molecule has 2 N–H and O–H groups in total. The van der Waals surface area contributed by atoms with Crippen LogP contribution >= 0.6 is 11.3 Å². The van der Waals surface area contributed by atoms with Crippen molar-refractivity contribution in [3.63, 3.8) is 0 Å². The fraction of sp³-hybridized carbons (Fsp3) is 0.261. The first-order valence-corrected chi connectivity index (χ1v) is 11.0. The summed E-state index contributed by atoms with van der Waals surface area (Å²) in [5, 5.41) is 2.23. The molecule has 0 saturated heterocycles. The second-order valence-corrected chi connectivity index (χ2v) is 7.59. The van der Waals surface area contributed by atoms with Gasteiger partial charge >= 0.3 is 0 Å². The molecule has 0 bridgehead atoms. The lowest BCUT2D eigenvalue weighted by atomic mass is 10.2. The van der Waals surface area contributed by atoms with Gasteiger partial charge in [-0.3, -0.25) is 20.4 Å². The van der Waals surface area contributed by atoms with E-state index in [0.717, 1.165) is 12.0 Å². The van der Waals surface area contributed by atoms with Crippen LogP contribution in [-0.2, 0) is 0 Å². The Hall–Kier alpha value is -3.79. The Morgan fingerprint density at radius 1 is 0.879 bits per heavy atom. The van der Waals surface area contributed by atoms with Crippen molar-refractivity contribution < 1.29 is 28.5 Å². The van der Waals surface area contributed by atoms with Crippen molar-refractivity contribution in [1.82, 2.24) is 15.8 Å². The molecule has 10 heteroatoms. The van der Waals surface area contributed by atoms with Crippen LogP contribution in [0.5, 0.6) is 23.0 Å². The molecule has 0 radical (unpaired) electrons. The molecule has 0 atom stereocenters. The third kappa shape index (κ3) is 5.72. The number of thiazole rings is 1. The molecule has 2 aromatic carbocycles. The van der Waals surface area contributed by atoms with Crippen molar-refractivity contribution >= 4 is 23.2 Å². The van der Waals surface area contributed by atoms with Gasteiger partial charge in [-0.25, -0.2) is 4.98 Å². The fourth-order valence-corrected chi connectivity index (χ4v) is 3.67. The van der Waals surface area contributed by atoms with Crippen LogP contribution in [-0.4, -0.2) is 44.7 Å². The van der Waals surface area contributed by atoms with Crippen molar-refractivity contribution in [2.24, 2.45) is 0 Å². The van der Waals surface area contributed by atoms with Gasteiger partial charge in [0, 0.05) is 16.5 Å². The standard InChI is InChI=1S/C23H25N3O6S/c1-5-10-32-18-9-6-14(11-20(18)31-4)21(27)25-26-22(28)16-13-33-23(24-16)15-7-8-17(29-2)19(12-15)30-3/h6-9,11-13H,5,10H2,1-4H3,(H,25,27)(H,26,28). The third-order valence-corrected chi connectivity index (χ3v) is 5.44. The third-order valence-electron chi connectivity index (χ3n) is 4.54. The van der Waals surface area contributed by atoms with E-state index < -0.39 is 11.8 Å². The minimum Gasteiger partial charge on any atom is -0.493 e. The average molecular weight is 472 g/mol. The second-order valence-electron chi connectivity index (χ2n) is 6.73. The molecule has 9 nitrogen and oxygen atoms in total. The molecule has 174 valence electrons. The molecule has 0 spiro atoms. The average Bonchev–Trinajstić information content (AvgIpc) is 3.35. The summed E-state index contributed by atoms with van der Waals surface area (Å²) in [5.74, 6) is 1.09. The summed E-state index contributed by atoms with van der Waals surface area (Å²) in [6.45, 7) is 2.53. The minimum absolute atomic E-state index is 0.172. The minimum atomic E-state index is -0.541. The fourth-order valence-electron chi connectivity index (χ4n) is 2.87. The Morgan fingerprint density at radius 2 is 1.55 bits per heavy atom. The van der Waals surface area contributed by atoms with Crippen molar-refractivity contribution in [2.75, 3.05) is 27.9 Å². The normalized spacial score (nSPS) is 10.3. The van der Waals surface area contributed by atoms with Crippen molar-refractivity contribution in [3.05, 3.63) is 53.0 Å². The number of benzene rings is 2. The van der Waals surface area contributed by atoms with Gasteiger partial charge in [-0.1, -0.05) is 6.92 Å². The van der Waals surface area contributed by atoms with E-state index in [1.54, 1.807) is 49.9 Å². The summed E-state index contributed by atoms with van der Waals surface area (Å²) in [7, 11) is 4.60. The van der Waals surface area contributed by atoms with Gasteiger partial charge in [-0.05, 0) is 42.8 Å². The van der Waals surface area contributed by atoms with Gasteiger partial charge < -0.3 is 18.9 Å². The summed E-state index contributed by atoms with van der Waals surface area (Å²) >= 11 is 1.30. The van der Waals surface area contributed by atoms with Crippen LogP contribution < -0.4 is 29.8 Å². The number of methoxy groups -OCH3 is 3. The molecule has 0 aliphatic heterocycles. The molecule has 3 aromatic rings. The number of ether oxygens (including phenoxy) is 4. The largest absolute Gasteiger partial charge is 0.493 e. The number of hydrogen-bond donors (Lipinski definition) is 2. The van der Waals surface area contributed by atoms with Crippen LogP contribution in [0.3, 0.4) is 0 Å². The molecule has 0 unspecified atom stereocenters. The van der Waals surface area contributed by atoms with E-state index in [1.165, 1.54) is 18.4 Å². The Labute approximate surface area is 195 Å². The number of hydrazine groups is 1. The lowest BCUT2D eigenvalue weighted by Crippen LogP contribution is -2.41. The highest BCUT2D eigenvalue weighted by Crippen LogP contribution is 2.33. The zero-order chi connectivity index (χ0) is 23.8. The summed E-state index contributed by atoms with van der Waals surface area (Å²) in [4.78, 5) is 29.3. The number of nitrogens with one attached hydrogen (secondary N) is 2. The molecule has 0 aliphatic rings. The Balaban J connectivity index is 1.65. The lowest BCUT2D eigenvalue weighted by Gasteiger charge is -2.12. The molecule has 2 amide bonds. The Morgan fingerprint density at radius 3 is 2.24 bits per heavy atom. The van der Waals surface area contributed by atoms with Crippen LogP contribution in [0, 0.1) is 0 Å². The van der Waals surface area contributed by atoms with Gasteiger partial charge in [0.2, 0.25) is 0 Å². The maximum absolute atomic E-state index is 12.5. The number of carbonyl (C=O) groups is 2. The Kier molecular flexibility index (Phi) is 8.09. The van der Waals surface area contributed by atoms with E-state index in [4.69, 9.17) is 18.9 Å².